The second-order valence-electron chi connectivity index (χ2n) is 4.22. The molecule has 0 heterocycles. The fourth-order valence-corrected chi connectivity index (χ4v) is 1.64. The van der Waals surface area contributed by atoms with Crippen molar-refractivity contribution in [1.29, 1.82) is 0 Å². The van der Waals surface area contributed by atoms with Crippen LogP contribution in [0.15, 0.2) is 18.2 Å². The summed E-state index contributed by atoms with van der Waals surface area (Å²) in [4.78, 5) is 0. The van der Waals surface area contributed by atoms with Crippen molar-refractivity contribution in [3.8, 4) is 0 Å². The monoisotopic (exact) mass is 221 g/mol. The Morgan fingerprint density at radius 1 is 1.25 bits per heavy atom. The quantitative estimate of drug-likeness (QED) is 0.746. The second kappa shape index (κ2) is 6.66. The smallest absolute Gasteiger partial charge is 0.0590 e. The number of hydrogen-bond acceptors (Lipinski definition) is 2. The summed E-state index contributed by atoms with van der Waals surface area (Å²) >= 11 is 0. The Bertz CT molecular complexity index is 323. The molecule has 1 aromatic rings. The van der Waals surface area contributed by atoms with E-state index in [1.807, 2.05) is 6.92 Å². The van der Waals surface area contributed by atoms with Gasteiger partial charge < -0.3 is 10.1 Å². The zero-order valence-corrected chi connectivity index (χ0v) is 10.8. The first-order chi connectivity index (χ1) is 7.65. The van der Waals surface area contributed by atoms with Crippen LogP contribution < -0.4 is 5.32 Å². The number of aryl methyl sites for hydroxylation is 2. The molecule has 0 aliphatic rings. The number of ether oxygens (including phenoxy) is 1. The van der Waals surface area contributed by atoms with Crippen molar-refractivity contribution in [2.24, 2.45) is 0 Å². The molecule has 0 spiro atoms. The van der Waals surface area contributed by atoms with E-state index in [-0.39, 0.29) is 0 Å². The average molecular weight is 221 g/mol. The van der Waals surface area contributed by atoms with E-state index in [1.165, 1.54) is 16.7 Å². The van der Waals surface area contributed by atoms with Gasteiger partial charge in [-0.25, -0.2) is 0 Å². The van der Waals surface area contributed by atoms with Crippen LogP contribution in [-0.4, -0.2) is 19.8 Å². The molecule has 1 N–H and O–H groups in total. The largest absolute Gasteiger partial charge is 0.380 e. The minimum atomic E-state index is 0.389. The van der Waals surface area contributed by atoms with Gasteiger partial charge in [-0.2, -0.15) is 0 Å². The summed E-state index contributed by atoms with van der Waals surface area (Å²) in [5.41, 5.74) is 4.06. The van der Waals surface area contributed by atoms with E-state index in [4.69, 9.17) is 4.74 Å². The van der Waals surface area contributed by atoms with Crippen molar-refractivity contribution < 1.29 is 4.74 Å². The minimum absolute atomic E-state index is 0.389. The molecule has 90 valence electrons. The zero-order chi connectivity index (χ0) is 12.0. The lowest BCUT2D eigenvalue weighted by molar-refractivity contribution is 0.147. The summed E-state index contributed by atoms with van der Waals surface area (Å²) in [6.45, 7) is 11.0. The molecule has 1 rings (SSSR count). The molecule has 1 atom stereocenters. The van der Waals surface area contributed by atoms with Crippen molar-refractivity contribution in [1.82, 2.24) is 5.32 Å². The van der Waals surface area contributed by atoms with Crippen molar-refractivity contribution in [3.63, 3.8) is 0 Å². The van der Waals surface area contributed by atoms with E-state index in [9.17, 15) is 0 Å². The van der Waals surface area contributed by atoms with Gasteiger partial charge in [-0.15, -0.1) is 0 Å². The second-order valence-corrected chi connectivity index (χ2v) is 4.22. The summed E-state index contributed by atoms with van der Waals surface area (Å²) in [5, 5.41) is 3.46. The molecule has 0 amide bonds. The maximum atomic E-state index is 5.30. The number of hydrogen-bond donors (Lipinski definition) is 1. The Balaban J connectivity index is 2.46. The molecule has 1 unspecified atom stereocenters. The van der Waals surface area contributed by atoms with Crippen molar-refractivity contribution >= 4 is 0 Å². The first-order valence-electron chi connectivity index (χ1n) is 6.03. The van der Waals surface area contributed by atoms with Gasteiger partial charge in [0, 0.05) is 19.2 Å². The fraction of sp³-hybridized carbons (Fsp3) is 0.571. The molecule has 2 nitrogen and oxygen atoms in total. The maximum Gasteiger partial charge on any atom is 0.0590 e. The molecule has 1 aromatic carbocycles. The van der Waals surface area contributed by atoms with Crippen molar-refractivity contribution in [2.45, 2.75) is 33.7 Å². The zero-order valence-electron chi connectivity index (χ0n) is 10.8. The molecule has 0 saturated heterocycles. The van der Waals surface area contributed by atoms with Crippen LogP contribution in [0.3, 0.4) is 0 Å². The van der Waals surface area contributed by atoms with Crippen LogP contribution in [-0.2, 0) is 4.74 Å². The van der Waals surface area contributed by atoms with Gasteiger partial charge in [-0.3, -0.25) is 0 Å². The third kappa shape index (κ3) is 3.95. The maximum absolute atomic E-state index is 5.30. The van der Waals surface area contributed by atoms with E-state index >= 15 is 0 Å². The molecular weight excluding hydrogens is 198 g/mol. The van der Waals surface area contributed by atoms with Crippen LogP contribution in [0.4, 0.5) is 0 Å². The number of benzene rings is 1. The lowest BCUT2D eigenvalue weighted by Crippen LogP contribution is -2.23. The Hall–Kier alpha value is -0.860. The van der Waals surface area contributed by atoms with Gasteiger partial charge in [0.25, 0.3) is 0 Å². The van der Waals surface area contributed by atoms with Gasteiger partial charge in [0.05, 0.1) is 6.61 Å². The normalized spacial score (nSPS) is 12.8. The SMILES string of the molecule is CCOCCNC(C)c1ccc(C)c(C)c1. The van der Waals surface area contributed by atoms with Crippen LogP contribution in [0, 0.1) is 13.8 Å². The Labute approximate surface area is 99.0 Å². The van der Waals surface area contributed by atoms with E-state index in [0.29, 0.717) is 6.04 Å². The molecule has 0 bridgehead atoms. The first-order valence-corrected chi connectivity index (χ1v) is 6.03. The summed E-state index contributed by atoms with van der Waals surface area (Å²) < 4.78 is 5.30. The average Bonchev–Trinajstić information content (AvgIpc) is 2.28. The molecule has 0 saturated carbocycles. The van der Waals surface area contributed by atoms with Crippen LogP contribution in [0.25, 0.3) is 0 Å². The summed E-state index contributed by atoms with van der Waals surface area (Å²) in [7, 11) is 0. The third-order valence-electron chi connectivity index (χ3n) is 2.93. The van der Waals surface area contributed by atoms with E-state index in [0.717, 1.165) is 19.8 Å². The van der Waals surface area contributed by atoms with Gasteiger partial charge in [-0.1, -0.05) is 18.2 Å². The van der Waals surface area contributed by atoms with Gasteiger partial charge in [0.15, 0.2) is 0 Å². The lowest BCUT2D eigenvalue weighted by atomic mass is 10.0. The van der Waals surface area contributed by atoms with Gasteiger partial charge in [0.1, 0.15) is 0 Å². The highest BCUT2D eigenvalue weighted by molar-refractivity contribution is 5.31. The highest BCUT2D eigenvalue weighted by atomic mass is 16.5. The van der Waals surface area contributed by atoms with Gasteiger partial charge >= 0.3 is 0 Å². The third-order valence-corrected chi connectivity index (χ3v) is 2.93. The molecule has 0 aromatic heterocycles. The fourth-order valence-electron chi connectivity index (χ4n) is 1.64. The van der Waals surface area contributed by atoms with E-state index in [1.54, 1.807) is 0 Å². The first kappa shape index (κ1) is 13.2. The van der Waals surface area contributed by atoms with Crippen molar-refractivity contribution in [2.75, 3.05) is 19.8 Å². The predicted octanol–water partition coefficient (Wildman–Crippen LogP) is 2.99. The van der Waals surface area contributed by atoms with Crippen molar-refractivity contribution in [3.05, 3.63) is 34.9 Å². The van der Waals surface area contributed by atoms with E-state index in [2.05, 4.69) is 44.3 Å². The Kier molecular flexibility index (Phi) is 5.50. The van der Waals surface area contributed by atoms with Crippen LogP contribution >= 0.6 is 0 Å². The highest BCUT2D eigenvalue weighted by Crippen LogP contribution is 2.16. The Morgan fingerprint density at radius 3 is 2.62 bits per heavy atom. The van der Waals surface area contributed by atoms with Gasteiger partial charge in [-0.05, 0) is 44.4 Å². The number of nitrogens with one attached hydrogen (secondary N) is 1. The standard InChI is InChI=1S/C14H23NO/c1-5-16-9-8-15-13(4)14-7-6-11(2)12(3)10-14/h6-7,10,13,15H,5,8-9H2,1-4H3. The molecular formula is C14H23NO. The van der Waals surface area contributed by atoms with Crippen LogP contribution in [0.5, 0.6) is 0 Å². The topological polar surface area (TPSA) is 21.3 Å². The summed E-state index contributed by atoms with van der Waals surface area (Å²) in [6.07, 6.45) is 0. The highest BCUT2D eigenvalue weighted by Gasteiger charge is 2.04. The van der Waals surface area contributed by atoms with Crippen LogP contribution in [0.1, 0.15) is 36.6 Å². The predicted molar refractivity (Wildman–Crippen MR) is 68.8 cm³/mol. The summed E-state index contributed by atoms with van der Waals surface area (Å²) in [5.74, 6) is 0. The van der Waals surface area contributed by atoms with Crippen LogP contribution in [0.2, 0.25) is 0 Å². The van der Waals surface area contributed by atoms with Gasteiger partial charge in [0.2, 0.25) is 0 Å². The number of rotatable bonds is 6. The molecule has 0 radical (unpaired) electrons. The molecule has 0 fully saturated rings. The minimum Gasteiger partial charge on any atom is -0.380 e. The molecule has 16 heavy (non-hydrogen) atoms. The van der Waals surface area contributed by atoms with E-state index < -0.39 is 0 Å². The Morgan fingerprint density at radius 2 is 2.00 bits per heavy atom. The molecule has 2 heteroatoms. The molecule has 0 aliphatic carbocycles. The lowest BCUT2D eigenvalue weighted by Gasteiger charge is -2.15. The summed E-state index contributed by atoms with van der Waals surface area (Å²) in [6, 6.07) is 7.03. The molecule has 0 aliphatic heterocycles.